The first-order valence-corrected chi connectivity index (χ1v) is 7.00. The summed E-state index contributed by atoms with van der Waals surface area (Å²) in [6.45, 7) is 4.27. The Morgan fingerprint density at radius 2 is 2.05 bits per heavy atom. The van der Waals surface area contributed by atoms with Gasteiger partial charge in [-0.3, -0.25) is 9.69 Å². The average Bonchev–Trinajstić information content (AvgIpc) is 2.41. The van der Waals surface area contributed by atoms with Gasteiger partial charge >= 0.3 is 0 Å². The molecule has 0 bridgehead atoms. The standard InChI is InChI=1S/C14H20ClN3O2/c1-17-5-7-18(8-6-17)10-14(19)16-11-3-4-13(20-2)12(15)9-11/h3-4,9H,5-8,10H2,1-2H3,(H,16,19). The van der Waals surface area contributed by atoms with Crippen molar-refractivity contribution >= 4 is 23.2 Å². The maximum absolute atomic E-state index is 12.0. The maximum atomic E-state index is 12.0. The zero-order valence-electron chi connectivity index (χ0n) is 11.9. The fourth-order valence-corrected chi connectivity index (χ4v) is 2.41. The van der Waals surface area contributed by atoms with Crippen molar-refractivity contribution < 1.29 is 9.53 Å². The highest BCUT2D eigenvalue weighted by atomic mass is 35.5. The number of hydrogen-bond donors (Lipinski definition) is 1. The van der Waals surface area contributed by atoms with Crippen LogP contribution in [0.3, 0.4) is 0 Å². The normalized spacial score (nSPS) is 16.9. The molecule has 0 atom stereocenters. The van der Waals surface area contributed by atoms with E-state index in [-0.39, 0.29) is 5.91 Å². The number of rotatable bonds is 4. The molecule has 1 amide bonds. The second-order valence-electron chi connectivity index (χ2n) is 4.98. The molecular weight excluding hydrogens is 278 g/mol. The summed E-state index contributed by atoms with van der Waals surface area (Å²) in [6, 6.07) is 5.22. The number of carbonyl (C=O) groups excluding carboxylic acids is 1. The van der Waals surface area contributed by atoms with Crippen molar-refractivity contribution in [2.75, 3.05) is 52.2 Å². The Kier molecular flexibility index (Phi) is 5.23. The van der Waals surface area contributed by atoms with Crippen LogP contribution < -0.4 is 10.1 Å². The topological polar surface area (TPSA) is 44.8 Å². The molecule has 20 heavy (non-hydrogen) atoms. The quantitative estimate of drug-likeness (QED) is 0.915. The van der Waals surface area contributed by atoms with E-state index >= 15 is 0 Å². The number of halogens is 1. The highest BCUT2D eigenvalue weighted by molar-refractivity contribution is 6.32. The molecule has 0 saturated carbocycles. The third-order valence-corrected chi connectivity index (χ3v) is 3.69. The van der Waals surface area contributed by atoms with Crippen LogP contribution in [0, 0.1) is 0 Å². The predicted molar refractivity (Wildman–Crippen MR) is 80.6 cm³/mol. The van der Waals surface area contributed by atoms with Crippen LogP contribution in [-0.2, 0) is 4.79 Å². The van der Waals surface area contributed by atoms with Crippen molar-refractivity contribution in [2.45, 2.75) is 0 Å². The minimum Gasteiger partial charge on any atom is -0.495 e. The second-order valence-corrected chi connectivity index (χ2v) is 5.38. The molecule has 1 aliphatic heterocycles. The molecule has 1 aliphatic rings. The third-order valence-electron chi connectivity index (χ3n) is 3.40. The van der Waals surface area contributed by atoms with Gasteiger partial charge in [0.25, 0.3) is 0 Å². The van der Waals surface area contributed by atoms with Gasteiger partial charge in [-0.2, -0.15) is 0 Å². The first-order valence-electron chi connectivity index (χ1n) is 6.63. The van der Waals surface area contributed by atoms with Crippen molar-refractivity contribution in [3.63, 3.8) is 0 Å². The minimum absolute atomic E-state index is 0.0178. The number of nitrogens with one attached hydrogen (secondary N) is 1. The summed E-state index contributed by atoms with van der Waals surface area (Å²) in [7, 11) is 3.66. The van der Waals surface area contributed by atoms with Crippen molar-refractivity contribution in [1.29, 1.82) is 0 Å². The van der Waals surface area contributed by atoms with E-state index in [1.54, 1.807) is 25.3 Å². The molecule has 110 valence electrons. The van der Waals surface area contributed by atoms with E-state index in [2.05, 4.69) is 22.2 Å². The molecule has 0 radical (unpaired) electrons. The SMILES string of the molecule is COc1ccc(NC(=O)CN2CCN(C)CC2)cc1Cl. The Balaban J connectivity index is 1.86. The molecule has 1 heterocycles. The van der Waals surface area contributed by atoms with E-state index in [9.17, 15) is 4.79 Å². The van der Waals surface area contributed by atoms with Gasteiger partial charge in [0.2, 0.25) is 5.91 Å². The van der Waals surface area contributed by atoms with Gasteiger partial charge in [0.15, 0.2) is 0 Å². The summed E-state index contributed by atoms with van der Waals surface area (Å²) >= 11 is 6.03. The lowest BCUT2D eigenvalue weighted by molar-refractivity contribution is -0.117. The monoisotopic (exact) mass is 297 g/mol. The molecule has 1 aromatic carbocycles. The first kappa shape index (κ1) is 15.1. The van der Waals surface area contributed by atoms with Gasteiger partial charge in [0.1, 0.15) is 5.75 Å². The van der Waals surface area contributed by atoms with Crippen molar-refractivity contribution in [1.82, 2.24) is 9.80 Å². The Labute approximate surface area is 124 Å². The van der Waals surface area contributed by atoms with Crippen LogP contribution in [0.1, 0.15) is 0 Å². The van der Waals surface area contributed by atoms with E-state index in [4.69, 9.17) is 16.3 Å². The Bertz CT molecular complexity index is 473. The lowest BCUT2D eigenvalue weighted by Crippen LogP contribution is -2.47. The highest BCUT2D eigenvalue weighted by Gasteiger charge is 2.16. The number of nitrogens with zero attached hydrogens (tertiary/aromatic N) is 2. The molecule has 1 aromatic rings. The summed E-state index contributed by atoms with van der Waals surface area (Å²) in [4.78, 5) is 16.4. The smallest absolute Gasteiger partial charge is 0.238 e. The van der Waals surface area contributed by atoms with E-state index in [0.29, 0.717) is 23.0 Å². The number of amides is 1. The Hall–Kier alpha value is -1.30. The molecule has 6 heteroatoms. The Morgan fingerprint density at radius 3 is 2.65 bits per heavy atom. The maximum Gasteiger partial charge on any atom is 0.238 e. The second kappa shape index (κ2) is 6.92. The minimum atomic E-state index is -0.0178. The number of anilines is 1. The van der Waals surface area contributed by atoms with Crippen LogP contribution in [0.2, 0.25) is 5.02 Å². The molecule has 0 aliphatic carbocycles. The lowest BCUT2D eigenvalue weighted by Gasteiger charge is -2.31. The lowest BCUT2D eigenvalue weighted by atomic mass is 10.3. The van der Waals surface area contributed by atoms with E-state index < -0.39 is 0 Å². The molecule has 5 nitrogen and oxygen atoms in total. The van der Waals surface area contributed by atoms with E-state index in [0.717, 1.165) is 26.2 Å². The van der Waals surface area contributed by atoms with Crippen molar-refractivity contribution in [3.05, 3.63) is 23.2 Å². The molecular formula is C14H20ClN3O2. The molecule has 1 fully saturated rings. The molecule has 1 saturated heterocycles. The van der Waals surface area contributed by atoms with Gasteiger partial charge in [-0.15, -0.1) is 0 Å². The Morgan fingerprint density at radius 1 is 1.35 bits per heavy atom. The molecule has 0 aromatic heterocycles. The number of piperazine rings is 1. The van der Waals surface area contributed by atoms with Crippen molar-refractivity contribution in [2.24, 2.45) is 0 Å². The zero-order valence-corrected chi connectivity index (χ0v) is 12.6. The van der Waals surface area contributed by atoms with Gasteiger partial charge in [0, 0.05) is 31.9 Å². The molecule has 0 unspecified atom stereocenters. The zero-order chi connectivity index (χ0) is 14.5. The fourth-order valence-electron chi connectivity index (χ4n) is 2.15. The van der Waals surface area contributed by atoms with Crippen LogP contribution in [0.15, 0.2) is 18.2 Å². The average molecular weight is 298 g/mol. The van der Waals surface area contributed by atoms with Gasteiger partial charge in [-0.05, 0) is 25.2 Å². The number of carbonyl (C=O) groups is 1. The number of ether oxygens (including phenoxy) is 1. The summed E-state index contributed by atoms with van der Waals surface area (Å²) in [5.74, 6) is 0.583. The number of hydrogen-bond acceptors (Lipinski definition) is 4. The predicted octanol–water partition coefficient (Wildman–Crippen LogP) is 1.53. The molecule has 2 rings (SSSR count). The van der Waals surface area contributed by atoms with E-state index in [1.807, 2.05) is 0 Å². The van der Waals surface area contributed by atoms with Crippen LogP contribution in [-0.4, -0.2) is 62.6 Å². The van der Waals surface area contributed by atoms with Gasteiger partial charge in [-0.1, -0.05) is 11.6 Å². The van der Waals surface area contributed by atoms with Gasteiger partial charge in [0.05, 0.1) is 18.7 Å². The summed E-state index contributed by atoms with van der Waals surface area (Å²) < 4.78 is 5.08. The molecule has 1 N–H and O–H groups in total. The highest BCUT2D eigenvalue weighted by Crippen LogP contribution is 2.27. The fraction of sp³-hybridized carbons (Fsp3) is 0.500. The summed E-state index contributed by atoms with van der Waals surface area (Å²) in [5.41, 5.74) is 0.690. The largest absolute Gasteiger partial charge is 0.495 e. The number of benzene rings is 1. The van der Waals surface area contributed by atoms with Crippen LogP contribution in [0.4, 0.5) is 5.69 Å². The number of methoxy groups -OCH3 is 1. The van der Waals surface area contributed by atoms with E-state index in [1.165, 1.54) is 0 Å². The van der Waals surface area contributed by atoms with Gasteiger partial charge < -0.3 is 15.0 Å². The van der Waals surface area contributed by atoms with Crippen LogP contribution in [0.5, 0.6) is 5.75 Å². The summed E-state index contributed by atoms with van der Waals surface area (Å²) in [6.07, 6.45) is 0. The van der Waals surface area contributed by atoms with Gasteiger partial charge in [-0.25, -0.2) is 0 Å². The number of likely N-dealkylation sites (N-methyl/N-ethyl adjacent to an activating group) is 1. The third kappa shape index (κ3) is 4.10. The van der Waals surface area contributed by atoms with Crippen LogP contribution >= 0.6 is 11.6 Å². The van der Waals surface area contributed by atoms with Crippen molar-refractivity contribution in [3.8, 4) is 5.75 Å². The first-order chi connectivity index (χ1) is 9.58. The molecule has 0 spiro atoms. The summed E-state index contributed by atoms with van der Waals surface area (Å²) in [5, 5.41) is 3.35. The van der Waals surface area contributed by atoms with Crippen LogP contribution in [0.25, 0.3) is 0 Å².